The highest BCUT2D eigenvalue weighted by atomic mass is 19.4. The average molecular weight is 307 g/mol. The number of likely N-dealkylation sites (N-methyl/N-ethyl adjacent to an activating group) is 1. The predicted molar refractivity (Wildman–Crippen MR) is 73.5 cm³/mol. The van der Waals surface area contributed by atoms with E-state index in [4.69, 9.17) is 4.74 Å². The van der Waals surface area contributed by atoms with Crippen LogP contribution in [0.3, 0.4) is 0 Å². The summed E-state index contributed by atoms with van der Waals surface area (Å²) >= 11 is 0. The molecule has 0 aliphatic heterocycles. The van der Waals surface area contributed by atoms with Gasteiger partial charge in [-0.1, -0.05) is 26.8 Å². The van der Waals surface area contributed by atoms with Gasteiger partial charge in [0.2, 0.25) is 0 Å². The van der Waals surface area contributed by atoms with Crippen LogP contribution in [-0.4, -0.2) is 20.3 Å². The van der Waals surface area contributed by atoms with Gasteiger partial charge < -0.3 is 10.1 Å². The Bertz CT molecular complexity index is 480. The van der Waals surface area contributed by atoms with Gasteiger partial charge in [-0.25, -0.2) is 4.39 Å². The molecule has 2 nitrogen and oxygen atoms in total. The maximum atomic E-state index is 13.7. The molecule has 0 heterocycles. The lowest BCUT2D eigenvalue weighted by molar-refractivity contribution is -0.140. The highest BCUT2D eigenvalue weighted by Gasteiger charge is 2.36. The predicted octanol–water partition coefficient (Wildman–Crippen LogP) is 4.17. The molecule has 2 atom stereocenters. The van der Waals surface area contributed by atoms with Crippen molar-refractivity contribution in [3.8, 4) is 0 Å². The lowest BCUT2D eigenvalue weighted by Gasteiger charge is -2.36. The summed E-state index contributed by atoms with van der Waals surface area (Å²) in [5, 5.41) is 2.99. The topological polar surface area (TPSA) is 21.3 Å². The summed E-state index contributed by atoms with van der Waals surface area (Å²) in [4.78, 5) is 0. The number of halogens is 4. The number of methoxy groups -OCH3 is 1. The second kappa shape index (κ2) is 6.32. The van der Waals surface area contributed by atoms with Gasteiger partial charge in [-0.05, 0) is 30.2 Å². The van der Waals surface area contributed by atoms with Crippen LogP contribution >= 0.6 is 0 Å². The summed E-state index contributed by atoms with van der Waals surface area (Å²) in [6.45, 7) is 5.85. The van der Waals surface area contributed by atoms with Gasteiger partial charge in [0.1, 0.15) is 5.82 Å². The van der Waals surface area contributed by atoms with Gasteiger partial charge in [0, 0.05) is 7.11 Å². The normalized spacial score (nSPS) is 15.9. The molecule has 0 bridgehead atoms. The van der Waals surface area contributed by atoms with Crippen LogP contribution in [0.4, 0.5) is 17.6 Å². The molecule has 0 radical (unpaired) electrons. The molecule has 0 fully saturated rings. The number of alkyl halides is 3. The van der Waals surface area contributed by atoms with Crippen molar-refractivity contribution in [2.75, 3.05) is 14.2 Å². The Labute approximate surface area is 122 Å². The highest BCUT2D eigenvalue weighted by Crippen LogP contribution is 2.36. The third-order valence-electron chi connectivity index (χ3n) is 3.38. The van der Waals surface area contributed by atoms with Crippen molar-refractivity contribution in [3.05, 3.63) is 35.1 Å². The molecule has 1 rings (SSSR count). The minimum Gasteiger partial charge on any atom is -0.379 e. The standard InChI is InChI=1S/C15H21F4NO/c1-14(2,3)13(21-5)12(20-4)9-6-7-10(11(16)8-9)15(17,18)19/h6-8,12-13,20H,1-5H3. The van der Waals surface area contributed by atoms with Crippen LogP contribution in [0.5, 0.6) is 0 Å². The van der Waals surface area contributed by atoms with Crippen LogP contribution < -0.4 is 5.32 Å². The molecule has 0 aliphatic rings. The number of nitrogens with one attached hydrogen (secondary N) is 1. The van der Waals surface area contributed by atoms with Crippen LogP contribution in [-0.2, 0) is 10.9 Å². The van der Waals surface area contributed by atoms with Crippen molar-refractivity contribution >= 4 is 0 Å². The number of hydrogen-bond donors (Lipinski definition) is 1. The summed E-state index contributed by atoms with van der Waals surface area (Å²) < 4.78 is 57.0. The zero-order valence-corrected chi connectivity index (χ0v) is 12.8. The molecule has 6 heteroatoms. The van der Waals surface area contributed by atoms with Crippen LogP contribution in [0.25, 0.3) is 0 Å². The smallest absolute Gasteiger partial charge is 0.379 e. The monoisotopic (exact) mass is 307 g/mol. The Morgan fingerprint density at radius 1 is 1.14 bits per heavy atom. The molecule has 0 aromatic heterocycles. The van der Waals surface area contributed by atoms with E-state index in [9.17, 15) is 17.6 Å². The summed E-state index contributed by atoms with van der Waals surface area (Å²) in [5.41, 5.74) is -1.10. The van der Waals surface area contributed by atoms with Crippen molar-refractivity contribution < 1.29 is 22.3 Å². The zero-order valence-electron chi connectivity index (χ0n) is 12.8. The van der Waals surface area contributed by atoms with E-state index in [1.165, 1.54) is 13.2 Å². The van der Waals surface area contributed by atoms with E-state index < -0.39 is 23.6 Å². The second-order valence-electron chi connectivity index (χ2n) is 6.03. The Kier molecular flexibility index (Phi) is 5.39. The van der Waals surface area contributed by atoms with Crippen LogP contribution in [0.15, 0.2) is 18.2 Å². The third-order valence-corrected chi connectivity index (χ3v) is 3.38. The van der Waals surface area contributed by atoms with E-state index in [-0.39, 0.29) is 11.5 Å². The van der Waals surface area contributed by atoms with E-state index in [2.05, 4.69) is 5.32 Å². The summed E-state index contributed by atoms with van der Waals surface area (Å²) in [7, 11) is 3.19. The van der Waals surface area contributed by atoms with Gasteiger partial charge in [-0.3, -0.25) is 0 Å². The van der Waals surface area contributed by atoms with Crippen LogP contribution in [0.2, 0.25) is 0 Å². The highest BCUT2D eigenvalue weighted by molar-refractivity contribution is 5.29. The van der Waals surface area contributed by atoms with Crippen molar-refractivity contribution in [1.82, 2.24) is 5.32 Å². The molecule has 21 heavy (non-hydrogen) atoms. The fourth-order valence-electron chi connectivity index (χ4n) is 2.44. The fourth-order valence-corrected chi connectivity index (χ4v) is 2.44. The first-order valence-electron chi connectivity index (χ1n) is 6.59. The lowest BCUT2D eigenvalue weighted by Crippen LogP contribution is -2.40. The van der Waals surface area contributed by atoms with Gasteiger partial charge in [0.25, 0.3) is 0 Å². The van der Waals surface area contributed by atoms with E-state index in [0.717, 1.165) is 12.1 Å². The molecule has 1 aromatic carbocycles. The first-order valence-corrected chi connectivity index (χ1v) is 6.59. The molecule has 0 aliphatic carbocycles. The van der Waals surface area contributed by atoms with E-state index >= 15 is 0 Å². The van der Waals surface area contributed by atoms with Crippen LogP contribution in [0.1, 0.15) is 37.9 Å². The number of benzene rings is 1. The summed E-state index contributed by atoms with van der Waals surface area (Å²) in [6, 6.07) is 2.56. The molecule has 0 saturated carbocycles. The molecule has 1 aromatic rings. The maximum absolute atomic E-state index is 13.7. The van der Waals surface area contributed by atoms with E-state index in [1.807, 2.05) is 20.8 Å². The molecule has 1 N–H and O–H groups in total. The van der Waals surface area contributed by atoms with Crippen LogP contribution in [0, 0.1) is 11.2 Å². The number of ether oxygens (including phenoxy) is 1. The average Bonchev–Trinajstić information content (AvgIpc) is 2.32. The lowest BCUT2D eigenvalue weighted by atomic mass is 9.82. The Balaban J connectivity index is 3.22. The Morgan fingerprint density at radius 2 is 1.71 bits per heavy atom. The number of hydrogen-bond acceptors (Lipinski definition) is 2. The molecule has 0 saturated heterocycles. The first-order chi connectivity index (χ1) is 9.52. The molecule has 0 spiro atoms. The van der Waals surface area contributed by atoms with Crippen molar-refractivity contribution in [2.24, 2.45) is 5.41 Å². The fraction of sp³-hybridized carbons (Fsp3) is 0.600. The maximum Gasteiger partial charge on any atom is 0.419 e. The Hall–Kier alpha value is -1.14. The third kappa shape index (κ3) is 4.17. The van der Waals surface area contributed by atoms with Crippen molar-refractivity contribution in [1.29, 1.82) is 0 Å². The zero-order chi connectivity index (χ0) is 16.4. The summed E-state index contributed by atoms with van der Waals surface area (Å²) in [5.74, 6) is -1.27. The largest absolute Gasteiger partial charge is 0.419 e. The van der Waals surface area contributed by atoms with E-state index in [1.54, 1.807) is 7.05 Å². The van der Waals surface area contributed by atoms with Gasteiger partial charge in [-0.2, -0.15) is 13.2 Å². The Morgan fingerprint density at radius 3 is 2.05 bits per heavy atom. The van der Waals surface area contributed by atoms with E-state index in [0.29, 0.717) is 5.56 Å². The first kappa shape index (κ1) is 17.9. The van der Waals surface area contributed by atoms with Gasteiger partial charge in [0.05, 0.1) is 17.7 Å². The molecule has 2 unspecified atom stereocenters. The minimum absolute atomic E-state index is 0.262. The van der Waals surface area contributed by atoms with Gasteiger partial charge in [0.15, 0.2) is 0 Å². The SMILES string of the molecule is CNC(c1ccc(C(F)(F)F)c(F)c1)C(OC)C(C)(C)C. The van der Waals surface area contributed by atoms with Gasteiger partial charge >= 0.3 is 6.18 Å². The molecular weight excluding hydrogens is 286 g/mol. The quantitative estimate of drug-likeness (QED) is 0.843. The molecular formula is C15H21F4NO. The minimum atomic E-state index is -4.69. The summed E-state index contributed by atoms with van der Waals surface area (Å²) in [6.07, 6.45) is -5.01. The number of rotatable bonds is 4. The van der Waals surface area contributed by atoms with Gasteiger partial charge in [-0.15, -0.1) is 0 Å². The molecule has 120 valence electrons. The molecule has 0 amide bonds. The van der Waals surface area contributed by atoms with Crippen molar-refractivity contribution in [2.45, 2.75) is 39.1 Å². The van der Waals surface area contributed by atoms with Crippen molar-refractivity contribution in [3.63, 3.8) is 0 Å². The second-order valence-corrected chi connectivity index (χ2v) is 6.03.